The van der Waals surface area contributed by atoms with Crippen molar-refractivity contribution in [3.05, 3.63) is 53.4 Å². The van der Waals surface area contributed by atoms with Crippen LogP contribution in [0.4, 0.5) is 0 Å². The maximum Gasteiger partial charge on any atom is 0.115 e. The third kappa shape index (κ3) is 3.43. The topological polar surface area (TPSA) is 51.8 Å². The van der Waals surface area contributed by atoms with E-state index < -0.39 is 0 Å². The van der Waals surface area contributed by atoms with Gasteiger partial charge in [0.05, 0.1) is 6.20 Å². The van der Waals surface area contributed by atoms with E-state index in [0.717, 1.165) is 15.6 Å². The first-order chi connectivity index (χ1) is 8.29. The summed E-state index contributed by atoms with van der Waals surface area (Å²) >= 11 is 7.47. The van der Waals surface area contributed by atoms with E-state index in [1.54, 1.807) is 30.4 Å². The quantitative estimate of drug-likeness (QED) is 0.864. The highest BCUT2D eigenvalue weighted by Gasteiger charge is 2.12. The maximum atomic E-state index is 5.86. The van der Waals surface area contributed by atoms with E-state index in [1.165, 1.54) is 0 Å². The van der Waals surface area contributed by atoms with Gasteiger partial charge in [0, 0.05) is 29.2 Å². The van der Waals surface area contributed by atoms with Gasteiger partial charge in [-0.25, -0.2) is 4.98 Å². The van der Waals surface area contributed by atoms with E-state index >= 15 is 0 Å². The Bertz CT molecular complexity index is 461. The molecule has 17 heavy (non-hydrogen) atoms. The summed E-state index contributed by atoms with van der Waals surface area (Å²) in [5, 5.41) is 1.77. The molecule has 0 saturated heterocycles. The number of thioether (sulfide) groups is 1. The number of benzene rings is 1. The van der Waals surface area contributed by atoms with Crippen LogP contribution in [-0.2, 0) is 0 Å². The number of halogens is 1. The van der Waals surface area contributed by atoms with Gasteiger partial charge in [-0.2, -0.15) is 0 Å². The third-order valence-corrected chi connectivity index (χ3v) is 3.71. The summed E-state index contributed by atoms with van der Waals surface area (Å²) < 4.78 is 0. The molecule has 0 aliphatic carbocycles. The monoisotopic (exact) mass is 265 g/mol. The fourth-order valence-corrected chi connectivity index (χ4v) is 2.47. The van der Waals surface area contributed by atoms with Crippen LogP contribution in [-0.4, -0.2) is 16.5 Å². The molecular formula is C12H12ClN3S. The van der Waals surface area contributed by atoms with Crippen molar-refractivity contribution in [3.8, 4) is 0 Å². The Morgan fingerprint density at radius 3 is 2.59 bits per heavy atom. The molecule has 1 unspecified atom stereocenters. The minimum Gasteiger partial charge on any atom is -0.329 e. The van der Waals surface area contributed by atoms with Gasteiger partial charge in [0.15, 0.2) is 0 Å². The van der Waals surface area contributed by atoms with Crippen LogP contribution >= 0.6 is 23.4 Å². The molecule has 1 aromatic heterocycles. The third-order valence-electron chi connectivity index (χ3n) is 2.26. The predicted molar refractivity (Wildman–Crippen MR) is 71.1 cm³/mol. The van der Waals surface area contributed by atoms with Gasteiger partial charge in [-0.05, 0) is 17.7 Å². The number of aromatic nitrogens is 2. The van der Waals surface area contributed by atoms with E-state index in [0.29, 0.717) is 6.54 Å². The highest BCUT2D eigenvalue weighted by Crippen LogP contribution is 2.33. The van der Waals surface area contributed by atoms with Crippen LogP contribution < -0.4 is 5.73 Å². The first-order valence-electron chi connectivity index (χ1n) is 5.18. The van der Waals surface area contributed by atoms with Gasteiger partial charge in [-0.3, -0.25) is 4.98 Å². The van der Waals surface area contributed by atoms with E-state index in [1.807, 2.05) is 24.3 Å². The van der Waals surface area contributed by atoms with Crippen LogP contribution in [0.15, 0.2) is 47.9 Å². The van der Waals surface area contributed by atoms with Crippen LogP contribution in [0, 0.1) is 0 Å². The highest BCUT2D eigenvalue weighted by atomic mass is 35.5. The molecule has 2 N–H and O–H groups in total. The van der Waals surface area contributed by atoms with Gasteiger partial charge in [-0.1, -0.05) is 35.5 Å². The molecule has 0 bridgehead atoms. The van der Waals surface area contributed by atoms with Gasteiger partial charge in [-0.15, -0.1) is 0 Å². The van der Waals surface area contributed by atoms with Crippen molar-refractivity contribution >= 4 is 23.4 Å². The first kappa shape index (κ1) is 12.4. The Morgan fingerprint density at radius 2 is 2.00 bits per heavy atom. The number of hydrogen-bond acceptors (Lipinski definition) is 4. The van der Waals surface area contributed by atoms with Crippen molar-refractivity contribution in [2.24, 2.45) is 5.73 Å². The van der Waals surface area contributed by atoms with Gasteiger partial charge in [0.25, 0.3) is 0 Å². The molecule has 2 aromatic rings. The van der Waals surface area contributed by atoms with E-state index in [-0.39, 0.29) is 5.25 Å². The highest BCUT2D eigenvalue weighted by molar-refractivity contribution is 7.99. The van der Waals surface area contributed by atoms with Crippen molar-refractivity contribution in [3.63, 3.8) is 0 Å². The number of nitrogens with zero attached hydrogens (tertiary/aromatic N) is 2. The van der Waals surface area contributed by atoms with Crippen molar-refractivity contribution < 1.29 is 0 Å². The number of nitrogens with two attached hydrogens (primary N) is 1. The minimum absolute atomic E-state index is 0.170. The minimum atomic E-state index is 0.170. The molecule has 2 rings (SSSR count). The summed E-state index contributed by atoms with van der Waals surface area (Å²) in [6.07, 6.45) is 5.07. The summed E-state index contributed by atoms with van der Waals surface area (Å²) in [5.41, 5.74) is 6.93. The normalized spacial score (nSPS) is 12.4. The molecule has 3 nitrogen and oxygen atoms in total. The summed E-state index contributed by atoms with van der Waals surface area (Å²) in [4.78, 5) is 8.26. The Labute approximate surface area is 109 Å². The lowest BCUT2D eigenvalue weighted by atomic mass is 10.1. The molecule has 0 aliphatic rings. The predicted octanol–water partition coefficient (Wildman–Crippen LogP) is 2.92. The molecule has 0 amide bonds. The molecule has 1 aromatic carbocycles. The second kappa shape index (κ2) is 6.00. The Hall–Kier alpha value is -1.10. The van der Waals surface area contributed by atoms with E-state index in [4.69, 9.17) is 17.3 Å². The largest absolute Gasteiger partial charge is 0.329 e. The zero-order valence-corrected chi connectivity index (χ0v) is 10.7. The molecule has 0 aliphatic heterocycles. The van der Waals surface area contributed by atoms with Crippen molar-refractivity contribution in [1.82, 2.24) is 9.97 Å². The van der Waals surface area contributed by atoms with Crippen molar-refractivity contribution in [2.75, 3.05) is 6.54 Å². The molecule has 0 fully saturated rings. The summed E-state index contributed by atoms with van der Waals surface area (Å²) in [6, 6.07) is 7.72. The van der Waals surface area contributed by atoms with E-state index in [2.05, 4.69) is 9.97 Å². The summed E-state index contributed by atoms with van der Waals surface area (Å²) in [7, 11) is 0. The fourth-order valence-electron chi connectivity index (χ4n) is 1.42. The average Bonchev–Trinajstić information content (AvgIpc) is 2.38. The van der Waals surface area contributed by atoms with Crippen molar-refractivity contribution in [1.29, 1.82) is 0 Å². The summed E-state index contributed by atoms with van der Waals surface area (Å²) in [6.45, 7) is 0.545. The first-order valence-corrected chi connectivity index (χ1v) is 6.43. The molecule has 1 atom stereocenters. The number of rotatable bonds is 4. The second-order valence-electron chi connectivity index (χ2n) is 3.44. The fraction of sp³-hybridized carbons (Fsp3) is 0.167. The van der Waals surface area contributed by atoms with Crippen LogP contribution in [0.2, 0.25) is 5.02 Å². The molecule has 0 saturated carbocycles. The second-order valence-corrected chi connectivity index (χ2v) is 5.10. The SMILES string of the molecule is NCC(Sc1cnccn1)c1ccc(Cl)cc1. The zero-order chi connectivity index (χ0) is 12.1. The molecule has 88 valence electrons. The maximum absolute atomic E-state index is 5.86. The lowest BCUT2D eigenvalue weighted by molar-refractivity contribution is 0.931. The van der Waals surface area contributed by atoms with Gasteiger partial charge >= 0.3 is 0 Å². The van der Waals surface area contributed by atoms with Crippen molar-refractivity contribution in [2.45, 2.75) is 10.3 Å². The summed E-state index contributed by atoms with van der Waals surface area (Å²) in [5.74, 6) is 0. The smallest absolute Gasteiger partial charge is 0.115 e. The molecule has 5 heteroatoms. The average molecular weight is 266 g/mol. The van der Waals surface area contributed by atoms with Crippen LogP contribution in [0.1, 0.15) is 10.8 Å². The Morgan fingerprint density at radius 1 is 1.24 bits per heavy atom. The van der Waals surface area contributed by atoms with Crippen LogP contribution in [0.25, 0.3) is 0 Å². The van der Waals surface area contributed by atoms with Crippen LogP contribution in [0.3, 0.4) is 0 Å². The lowest BCUT2D eigenvalue weighted by Gasteiger charge is -2.13. The van der Waals surface area contributed by atoms with Gasteiger partial charge in [0.1, 0.15) is 5.03 Å². The Kier molecular flexibility index (Phi) is 4.36. The van der Waals surface area contributed by atoms with Crippen LogP contribution in [0.5, 0.6) is 0 Å². The van der Waals surface area contributed by atoms with Gasteiger partial charge in [0.2, 0.25) is 0 Å². The van der Waals surface area contributed by atoms with E-state index in [9.17, 15) is 0 Å². The standard InChI is InChI=1S/C12H12ClN3S/c13-10-3-1-9(2-4-10)11(7-14)17-12-8-15-5-6-16-12/h1-6,8,11H,7,14H2. The number of hydrogen-bond donors (Lipinski definition) is 1. The van der Waals surface area contributed by atoms with Gasteiger partial charge < -0.3 is 5.73 Å². The molecule has 1 heterocycles. The lowest BCUT2D eigenvalue weighted by Crippen LogP contribution is -2.09. The molecule has 0 radical (unpaired) electrons. The molecule has 0 spiro atoms. The zero-order valence-electron chi connectivity index (χ0n) is 9.08. The Balaban J connectivity index is 2.14. The molecular weight excluding hydrogens is 254 g/mol.